The molecule has 0 aliphatic carbocycles. The fourth-order valence-electron chi connectivity index (χ4n) is 1.35. The van der Waals surface area contributed by atoms with Crippen LogP contribution in [0.1, 0.15) is 0 Å². The first-order chi connectivity index (χ1) is 6.93. The number of hydrogen-bond acceptors (Lipinski definition) is 4. The summed E-state index contributed by atoms with van der Waals surface area (Å²) in [6.45, 7) is 0. The first-order valence-electron chi connectivity index (χ1n) is 4.21. The third-order valence-corrected chi connectivity index (χ3v) is 4.97. The number of aromatic nitrogens is 2. The van der Waals surface area contributed by atoms with E-state index in [9.17, 15) is 0 Å². The molecule has 0 aromatic carbocycles. The Hall–Kier alpha value is -1.41. The van der Waals surface area contributed by atoms with E-state index >= 15 is 0 Å². The molecule has 0 atom stereocenters. The molecule has 0 saturated heterocycles. The van der Waals surface area contributed by atoms with Crippen molar-refractivity contribution in [2.24, 2.45) is 0 Å². The van der Waals surface area contributed by atoms with Gasteiger partial charge in [0.15, 0.2) is 0 Å². The van der Waals surface area contributed by atoms with Crippen LogP contribution < -0.4 is 21.3 Å². The zero-order valence-corrected chi connectivity index (χ0v) is 9.20. The Morgan fingerprint density at radius 1 is 0.857 bits per heavy atom. The molecule has 3 rings (SSSR count). The smallest absolute Gasteiger partial charge is 0.121 e. The van der Waals surface area contributed by atoms with Gasteiger partial charge in [-0.1, -0.05) is 0 Å². The molecule has 0 unspecified atom stereocenters. The highest BCUT2D eigenvalue weighted by Gasteiger charge is 2.15. The topological polar surface area (TPSA) is 49.8 Å². The van der Waals surface area contributed by atoms with Crippen molar-refractivity contribution in [2.75, 3.05) is 0 Å². The Balaban J connectivity index is 2.18. The summed E-state index contributed by atoms with van der Waals surface area (Å²) < 4.78 is 0. The van der Waals surface area contributed by atoms with Gasteiger partial charge in [0.1, 0.15) is 18.3 Å². The summed E-state index contributed by atoms with van der Waals surface area (Å²) in [5.41, 5.74) is 0. The molecular weight excluding hydrogens is 208 g/mol. The number of nitrogens with zero attached hydrogens (tertiary/aromatic N) is 2. The summed E-state index contributed by atoms with van der Waals surface area (Å²) in [6.07, 6.45) is 7.34. The molecule has 1 aromatic rings. The average molecular weight is 214 g/mol. The maximum absolute atomic E-state index is 4.34. The van der Waals surface area contributed by atoms with Crippen molar-refractivity contribution < 1.29 is 0 Å². The molecule has 0 fully saturated rings. The standard InChI is InChI=1S/C8H6N4Si2/c1-2-10-6-5(9-1)13-7-8(14-6)12-4-3-11-7/h1-4,9-10H. The monoisotopic (exact) mass is 214 g/mol. The molecule has 0 amide bonds. The second-order valence-electron chi connectivity index (χ2n) is 2.88. The number of rotatable bonds is 0. The lowest BCUT2D eigenvalue weighted by Crippen LogP contribution is -2.55. The minimum atomic E-state index is 0.590. The van der Waals surface area contributed by atoms with Gasteiger partial charge in [-0.15, -0.1) is 0 Å². The predicted molar refractivity (Wildman–Crippen MR) is 58.2 cm³/mol. The van der Waals surface area contributed by atoms with Gasteiger partial charge < -0.3 is 10.6 Å². The fraction of sp³-hybridized carbons (Fsp3) is 0. The third kappa shape index (κ3) is 1.19. The molecule has 66 valence electrons. The van der Waals surface area contributed by atoms with E-state index in [2.05, 4.69) is 20.6 Å². The van der Waals surface area contributed by atoms with E-state index in [4.69, 9.17) is 0 Å². The molecule has 0 bridgehead atoms. The van der Waals surface area contributed by atoms with Gasteiger partial charge >= 0.3 is 0 Å². The van der Waals surface area contributed by atoms with Gasteiger partial charge in [-0.2, -0.15) is 0 Å². The highest BCUT2D eigenvalue weighted by Crippen LogP contribution is 1.82. The van der Waals surface area contributed by atoms with Crippen molar-refractivity contribution in [2.45, 2.75) is 0 Å². The summed E-state index contributed by atoms with van der Waals surface area (Å²) >= 11 is 0. The van der Waals surface area contributed by atoms with Crippen LogP contribution >= 0.6 is 0 Å². The van der Waals surface area contributed by atoms with E-state index in [0.717, 1.165) is 10.6 Å². The lowest BCUT2D eigenvalue weighted by molar-refractivity contribution is 1.18. The molecule has 2 aliphatic rings. The van der Waals surface area contributed by atoms with Crippen LogP contribution in [0.25, 0.3) is 0 Å². The second-order valence-corrected chi connectivity index (χ2v) is 5.32. The Morgan fingerprint density at radius 3 is 1.86 bits per heavy atom. The Labute approximate surface area is 85.4 Å². The van der Waals surface area contributed by atoms with Gasteiger partial charge in [0.05, 0.1) is 10.6 Å². The third-order valence-electron chi connectivity index (χ3n) is 1.97. The van der Waals surface area contributed by atoms with E-state index < -0.39 is 0 Å². The average Bonchev–Trinajstić information content (AvgIpc) is 2.26. The summed E-state index contributed by atoms with van der Waals surface area (Å²) in [5.74, 6) is 0. The van der Waals surface area contributed by atoms with Crippen LogP contribution in [-0.2, 0) is 0 Å². The highest BCUT2D eigenvalue weighted by molar-refractivity contribution is 6.96. The van der Waals surface area contributed by atoms with Crippen molar-refractivity contribution >= 4 is 39.5 Å². The van der Waals surface area contributed by atoms with Gasteiger partial charge in [0.25, 0.3) is 0 Å². The van der Waals surface area contributed by atoms with Crippen molar-refractivity contribution in [1.82, 2.24) is 20.6 Å². The van der Waals surface area contributed by atoms with Gasteiger partial charge in [0, 0.05) is 35.4 Å². The lowest BCUT2D eigenvalue weighted by atomic mass is 10.5. The van der Waals surface area contributed by atoms with Crippen LogP contribution in [-0.4, -0.2) is 38.8 Å². The van der Waals surface area contributed by atoms with Gasteiger partial charge in [-0.25, -0.2) is 0 Å². The molecule has 2 N–H and O–H groups in total. The Morgan fingerprint density at radius 2 is 1.36 bits per heavy atom. The SMILES string of the molecule is C1=CNC2=[Si]c3nccnc3[Si]=C2N1. The fourth-order valence-corrected chi connectivity index (χ4v) is 3.92. The van der Waals surface area contributed by atoms with Crippen LogP contribution in [0.15, 0.2) is 24.8 Å². The van der Waals surface area contributed by atoms with Crippen LogP contribution in [0.2, 0.25) is 0 Å². The first kappa shape index (κ1) is 7.95. The zero-order valence-electron chi connectivity index (χ0n) is 7.20. The van der Waals surface area contributed by atoms with Crippen LogP contribution in [0.3, 0.4) is 0 Å². The maximum Gasteiger partial charge on any atom is 0.121 e. The zero-order chi connectivity index (χ0) is 9.38. The summed E-state index contributed by atoms with van der Waals surface area (Å²) in [5, 5.41) is 11.2. The largest absolute Gasteiger partial charge is 0.363 e. The van der Waals surface area contributed by atoms with E-state index in [1.54, 1.807) is 12.4 Å². The van der Waals surface area contributed by atoms with Gasteiger partial charge in [0.2, 0.25) is 0 Å². The molecule has 0 spiro atoms. The number of hydrogen-bond donors (Lipinski definition) is 2. The van der Waals surface area contributed by atoms with Gasteiger partial charge in [-0.3, -0.25) is 9.97 Å². The maximum atomic E-state index is 4.34. The Kier molecular flexibility index (Phi) is 1.74. The molecule has 6 heteroatoms. The normalized spacial score (nSPS) is 16.9. The number of nitrogens with one attached hydrogen (secondary N) is 2. The quantitative estimate of drug-likeness (QED) is 0.454. The van der Waals surface area contributed by atoms with E-state index in [-0.39, 0.29) is 0 Å². The molecule has 2 radical (unpaired) electrons. The highest BCUT2D eigenvalue weighted by atomic mass is 28.2. The minimum Gasteiger partial charge on any atom is -0.363 e. The van der Waals surface area contributed by atoms with Crippen molar-refractivity contribution in [3.8, 4) is 0 Å². The molecule has 3 heterocycles. The molecule has 0 saturated carbocycles. The van der Waals surface area contributed by atoms with Crippen molar-refractivity contribution in [3.63, 3.8) is 0 Å². The number of fused-ring (bicyclic) bond motifs is 2. The lowest BCUT2D eigenvalue weighted by Gasteiger charge is -2.20. The molecule has 2 aliphatic heterocycles. The van der Waals surface area contributed by atoms with Crippen LogP contribution in [0, 0.1) is 0 Å². The summed E-state index contributed by atoms with van der Waals surface area (Å²) in [4.78, 5) is 8.68. The van der Waals surface area contributed by atoms with E-state index in [0.29, 0.717) is 18.3 Å². The van der Waals surface area contributed by atoms with Crippen LogP contribution in [0.4, 0.5) is 0 Å². The van der Waals surface area contributed by atoms with E-state index in [1.165, 1.54) is 10.6 Å². The summed E-state index contributed by atoms with van der Waals surface area (Å²) in [7, 11) is 1.18. The van der Waals surface area contributed by atoms with Crippen molar-refractivity contribution in [3.05, 3.63) is 24.8 Å². The molecule has 4 nitrogen and oxygen atoms in total. The van der Waals surface area contributed by atoms with Crippen molar-refractivity contribution in [1.29, 1.82) is 0 Å². The van der Waals surface area contributed by atoms with Gasteiger partial charge in [-0.05, 0) is 0 Å². The minimum absolute atomic E-state index is 0.590. The molecule has 1 aromatic heterocycles. The second kappa shape index (κ2) is 3.07. The van der Waals surface area contributed by atoms with E-state index in [1.807, 2.05) is 12.4 Å². The molecule has 14 heavy (non-hydrogen) atoms. The molecular formula is C8H6N4Si2. The summed E-state index contributed by atoms with van der Waals surface area (Å²) in [6, 6.07) is 0. The first-order valence-corrected chi connectivity index (χ1v) is 6.21. The predicted octanol–water partition coefficient (Wildman–Crippen LogP) is -2.93. The Bertz CT molecular complexity index is 435. The van der Waals surface area contributed by atoms with Crippen LogP contribution in [0.5, 0.6) is 0 Å².